The number of hydrogen-bond donors (Lipinski definition) is 2. The van der Waals surface area contributed by atoms with Gasteiger partial charge in [0.1, 0.15) is 4.90 Å². The van der Waals surface area contributed by atoms with Gasteiger partial charge in [-0.25, -0.2) is 8.42 Å². The SMILES string of the molecule is CCCN(C(C)C)S(=O)(=O)c1c[nH]c2cc(N)ccc12. The number of aromatic amines is 1. The summed E-state index contributed by atoms with van der Waals surface area (Å²) in [6, 6.07) is 5.14. The average molecular weight is 295 g/mol. The maximum absolute atomic E-state index is 12.8. The fraction of sp³-hybridized carbons (Fsp3) is 0.429. The lowest BCUT2D eigenvalue weighted by molar-refractivity contribution is 0.354. The summed E-state index contributed by atoms with van der Waals surface area (Å²) in [7, 11) is -3.50. The van der Waals surface area contributed by atoms with Gasteiger partial charge in [0, 0.05) is 35.4 Å². The van der Waals surface area contributed by atoms with E-state index >= 15 is 0 Å². The maximum Gasteiger partial charge on any atom is 0.245 e. The van der Waals surface area contributed by atoms with E-state index in [0.29, 0.717) is 22.5 Å². The summed E-state index contributed by atoms with van der Waals surface area (Å²) < 4.78 is 27.1. The molecule has 0 aliphatic rings. The van der Waals surface area contributed by atoms with Gasteiger partial charge >= 0.3 is 0 Å². The van der Waals surface area contributed by atoms with E-state index in [1.807, 2.05) is 20.8 Å². The first-order valence-corrected chi connectivity index (χ1v) is 8.20. The van der Waals surface area contributed by atoms with Crippen molar-refractivity contribution in [2.24, 2.45) is 0 Å². The predicted molar refractivity (Wildman–Crippen MR) is 82.0 cm³/mol. The Morgan fingerprint density at radius 3 is 2.65 bits per heavy atom. The molecule has 1 aromatic carbocycles. The Morgan fingerprint density at radius 2 is 2.05 bits per heavy atom. The normalized spacial score (nSPS) is 12.7. The second-order valence-electron chi connectivity index (χ2n) is 5.17. The second-order valence-corrected chi connectivity index (χ2v) is 7.03. The number of aromatic nitrogens is 1. The lowest BCUT2D eigenvalue weighted by Gasteiger charge is -2.25. The summed E-state index contributed by atoms with van der Waals surface area (Å²) >= 11 is 0. The smallest absolute Gasteiger partial charge is 0.245 e. The minimum absolute atomic E-state index is 0.0707. The minimum Gasteiger partial charge on any atom is -0.399 e. The van der Waals surface area contributed by atoms with Crippen molar-refractivity contribution in [1.29, 1.82) is 0 Å². The number of sulfonamides is 1. The molecule has 0 saturated carbocycles. The number of nitrogens with two attached hydrogens (primary N) is 1. The number of fused-ring (bicyclic) bond motifs is 1. The summed E-state index contributed by atoms with van der Waals surface area (Å²) in [5, 5.41) is 0.681. The molecule has 5 nitrogen and oxygen atoms in total. The van der Waals surface area contributed by atoms with Gasteiger partial charge in [-0.2, -0.15) is 4.31 Å². The summed E-state index contributed by atoms with van der Waals surface area (Å²) in [5.41, 5.74) is 7.07. The molecule has 0 saturated heterocycles. The zero-order valence-electron chi connectivity index (χ0n) is 12.1. The molecule has 1 heterocycles. The topological polar surface area (TPSA) is 79.2 Å². The third-order valence-corrected chi connectivity index (χ3v) is 5.39. The van der Waals surface area contributed by atoms with Crippen molar-refractivity contribution in [3.8, 4) is 0 Å². The molecular formula is C14H21N3O2S. The van der Waals surface area contributed by atoms with Crippen LogP contribution in [0.1, 0.15) is 27.2 Å². The quantitative estimate of drug-likeness (QED) is 0.832. The Balaban J connectivity index is 2.56. The van der Waals surface area contributed by atoms with Crippen molar-refractivity contribution in [2.75, 3.05) is 12.3 Å². The average Bonchev–Trinajstić information content (AvgIpc) is 2.78. The molecule has 0 spiro atoms. The Labute approximate surface area is 119 Å². The van der Waals surface area contributed by atoms with Gasteiger partial charge in [-0.15, -0.1) is 0 Å². The first kappa shape index (κ1) is 14.9. The molecule has 110 valence electrons. The van der Waals surface area contributed by atoms with E-state index in [-0.39, 0.29) is 6.04 Å². The van der Waals surface area contributed by atoms with E-state index in [9.17, 15) is 8.42 Å². The standard InChI is InChI=1S/C14H21N3O2S/c1-4-7-17(10(2)3)20(18,19)14-9-16-13-8-11(15)5-6-12(13)14/h5-6,8-10,16H,4,7,15H2,1-3H3. The maximum atomic E-state index is 12.8. The van der Waals surface area contributed by atoms with Crippen LogP contribution in [-0.4, -0.2) is 30.3 Å². The van der Waals surface area contributed by atoms with Crippen LogP contribution in [0.5, 0.6) is 0 Å². The molecule has 0 atom stereocenters. The lowest BCUT2D eigenvalue weighted by Crippen LogP contribution is -2.37. The predicted octanol–water partition coefficient (Wildman–Crippen LogP) is 2.56. The molecule has 0 fully saturated rings. The fourth-order valence-electron chi connectivity index (χ4n) is 2.33. The van der Waals surface area contributed by atoms with Crippen LogP contribution in [-0.2, 0) is 10.0 Å². The Morgan fingerprint density at radius 1 is 1.35 bits per heavy atom. The Hall–Kier alpha value is -1.53. The molecule has 2 aromatic rings. The van der Waals surface area contributed by atoms with Crippen molar-refractivity contribution in [3.63, 3.8) is 0 Å². The van der Waals surface area contributed by atoms with Gasteiger partial charge in [-0.1, -0.05) is 6.92 Å². The third kappa shape index (κ3) is 2.53. The van der Waals surface area contributed by atoms with Crippen molar-refractivity contribution < 1.29 is 8.42 Å². The van der Waals surface area contributed by atoms with E-state index in [2.05, 4.69) is 4.98 Å². The number of H-pyrrole nitrogens is 1. The van der Waals surface area contributed by atoms with Gasteiger partial charge in [-0.05, 0) is 38.5 Å². The molecule has 20 heavy (non-hydrogen) atoms. The molecule has 3 N–H and O–H groups in total. The number of nitrogens with one attached hydrogen (secondary N) is 1. The number of benzene rings is 1. The third-order valence-electron chi connectivity index (χ3n) is 3.27. The molecule has 2 rings (SSSR count). The van der Waals surface area contributed by atoms with Crippen LogP contribution in [0.15, 0.2) is 29.3 Å². The van der Waals surface area contributed by atoms with E-state index < -0.39 is 10.0 Å². The molecule has 0 amide bonds. The largest absolute Gasteiger partial charge is 0.399 e. The van der Waals surface area contributed by atoms with Gasteiger partial charge in [0.05, 0.1) is 0 Å². The highest BCUT2D eigenvalue weighted by Crippen LogP contribution is 2.28. The van der Waals surface area contributed by atoms with Gasteiger partial charge in [0.25, 0.3) is 0 Å². The van der Waals surface area contributed by atoms with Gasteiger partial charge in [0.2, 0.25) is 10.0 Å². The molecule has 0 unspecified atom stereocenters. The van der Waals surface area contributed by atoms with Crippen molar-refractivity contribution in [2.45, 2.75) is 38.1 Å². The number of anilines is 1. The van der Waals surface area contributed by atoms with Gasteiger partial charge in [0.15, 0.2) is 0 Å². The molecule has 0 aliphatic heterocycles. The molecule has 6 heteroatoms. The summed E-state index contributed by atoms with van der Waals surface area (Å²) in [6.45, 7) is 6.27. The van der Waals surface area contributed by atoms with Crippen LogP contribution in [0, 0.1) is 0 Å². The summed E-state index contributed by atoms with van der Waals surface area (Å²) in [6.07, 6.45) is 2.33. The van der Waals surface area contributed by atoms with E-state index in [1.165, 1.54) is 4.31 Å². The van der Waals surface area contributed by atoms with Crippen LogP contribution in [0.25, 0.3) is 10.9 Å². The minimum atomic E-state index is -3.50. The number of nitrogen functional groups attached to an aromatic ring is 1. The van der Waals surface area contributed by atoms with Gasteiger partial charge < -0.3 is 10.7 Å². The van der Waals surface area contributed by atoms with Crippen LogP contribution >= 0.6 is 0 Å². The molecule has 0 aliphatic carbocycles. The van der Waals surface area contributed by atoms with Gasteiger partial charge in [-0.3, -0.25) is 0 Å². The fourth-order valence-corrected chi connectivity index (χ4v) is 4.23. The molecule has 0 radical (unpaired) electrons. The van der Waals surface area contributed by atoms with E-state index in [0.717, 1.165) is 11.9 Å². The first-order chi connectivity index (χ1) is 9.37. The highest BCUT2D eigenvalue weighted by molar-refractivity contribution is 7.89. The van der Waals surface area contributed by atoms with Crippen LogP contribution in [0.2, 0.25) is 0 Å². The number of hydrogen-bond acceptors (Lipinski definition) is 3. The molecule has 0 bridgehead atoms. The number of rotatable bonds is 5. The highest BCUT2D eigenvalue weighted by Gasteiger charge is 2.28. The number of nitrogens with zero attached hydrogens (tertiary/aromatic N) is 1. The van der Waals surface area contributed by atoms with Crippen LogP contribution < -0.4 is 5.73 Å². The first-order valence-electron chi connectivity index (χ1n) is 6.76. The van der Waals surface area contributed by atoms with Crippen molar-refractivity contribution >= 4 is 26.6 Å². The Kier molecular flexibility index (Phi) is 4.06. The molecule has 1 aromatic heterocycles. The summed E-state index contributed by atoms with van der Waals surface area (Å²) in [4.78, 5) is 3.30. The van der Waals surface area contributed by atoms with Crippen molar-refractivity contribution in [3.05, 3.63) is 24.4 Å². The zero-order valence-corrected chi connectivity index (χ0v) is 12.9. The molecular weight excluding hydrogens is 274 g/mol. The zero-order chi connectivity index (χ0) is 14.9. The van der Waals surface area contributed by atoms with Crippen LogP contribution in [0.4, 0.5) is 5.69 Å². The van der Waals surface area contributed by atoms with E-state index in [1.54, 1.807) is 24.4 Å². The van der Waals surface area contributed by atoms with Crippen LogP contribution in [0.3, 0.4) is 0 Å². The van der Waals surface area contributed by atoms with Crippen molar-refractivity contribution in [1.82, 2.24) is 9.29 Å². The highest BCUT2D eigenvalue weighted by atomic mass is 32.2. The lowest BCUT2D eigenvalue weighted by atomic mass is 10.2. The second kappa shape index (κ2) is 5.46. The monoisotopic (exact) mass is 295 g/mol. The van der Waals surface area contributed by atoms with E-state index in [4.69, 9.17) is 5.73 Å². The Bertz CT molecular complexity index is 704. The summed E-state index contributed by atoms with van der Waals surface area (Å²) in [5.74, 6) is 0.